The zero-order chi connectivity index (χ0) is 23.3. The molecule has 9 heteroatoms. The minimum absolute atomic E-state index is 0.0216. The lowest BCUT2D eigenvalue weighted by Gasteiger charge is -2.26. The highest BCUT2D eigenvalue weighted by Crippen LogP contribution is 2.41. The van der Waals surface area contributed by atoms with Crippen molar-refractivity contribution in [2.75, 3.05) is 40.6 Å². The number of ketones is 1. The molecule has 1 fully saturated rings. The van der Waals surface area contributed by atoms with Gasteiger partial charge in [-0.25, -0.2) is 0 Å². The number of hydrogen-bond acceptors (Lipinski definition) is 7. The Kier molecular flexibility index (Phi) is 7.89. The molecule has 1 saturated heterocycles. The Morgan fingerprint density at radius 1 is 1.03 bits per heavy atom. The van der Waals surface area contributed by atoms with E-state index in [1.807, 2.05) is 0 Å². The minimum atomic E-state index is -0.851. The summed E-state index contributed by atoms with van der Waals surface area (Å²) in [5, 5.41) is 20.0. The van der Waals surface area contributed by atoms with Crippen LogP contribution in [0.2, 0.25) is 0 Å². The third-order valence-corrected chi connectivity index (χ3v) is 5.62. The number of methoxy groups -OCH3 is 2. The molecule has 32 heavy (non-hydrogen) atoms. The number of benzene rings is 2. The topological polar surface area (TPSA) is 106 Å². The molecule has 1 unspecified atom stereocenters. The summed E-state index contributed by atoms with van der Waals surface area (Å²) in [5.41, 5.74) is 0.961. The maximum Gasteiger partial charge on any atom is 0.295 e. The number of hydrogen-bond donors (Lipinski definition) is 2. The summed E-state index contributed by atoms with van der Waals surface area (Å²) in [6, 6.07) is 11.0. The van der Waals surface area contributed by atoms with Gasteiger partial charge in [0, 0.05) is 16.6 Å². The highest BCUT2D eigenvalue weighted by atomic mass is 79.9. The first kappa shape index (κ1) is 23.8. The van der Waals surface area contributed by atoms with Crippen molar-refractivity contribution in [3.8, 4) is 11.5 Å². The maximum atomic E-state index is 13.0. The van der Waals surface area contributed by atoms with Crippen LogP contribution < -0.4 is 9.47 Å². The van der Waals surface area contributed by atoms with Crippen LogP contribution in [-0.4, -0.2) is 67.4 Å². The highest BCUT2D eigenvalue weighted by molar-refractivity contribution is 9.10. The van der Waals surface area contributed by atoms with E-state index < -0.39 is 17.7 Å². The van der Waals surface area contributed by atoms with E-state index in [-0.39, 0.29) is 37.7 Å². The number of halogens is 1. The smallest absolute Gasteiger partial charge is 0.295 e. The van der Waals surface area contributed by atoms with Crippen molar-refractivity contribution in [1.29, 1.82) is 0 Å². The largest absolute Gasteiger partial charge is 0.507 e. The normalized spacial score (nSPS) is 17.6. The molecule has 0 aliphatic carbocycles. The van der Waals surface area contributed by atoms with Crippen molar-refractivity contribution in [1.82, 2.24) is 4.90 Å². The highest BCUT2D eigenvalue weighted by Gasteiger charge is 2.46. The van der Waals surface area contributed by atoms with Gasteiger partial charge in [0.15, 0.2) is 11.5 Å². The number of carbonyl (C=O) groups excluding carboxylic acids is 2. The molecular formula is C23H24BrNO7. The molecule has 0 aromatic heterocycles. The number of Topliss-reactive ketones (excluding diaryl/α,β-unsaturated/α-hetero) is 1. The molecule has 0 saturated carbocycles. The van der Waals surface area contributed by atoms with E-state index in [0.29, 0.717) is 22.6 Å². The van der Waals surface area contributed by atoms with Crippen molar-refractivity contribution < 1.29 is 34.0 Å². The minimum Gasteiger partial charge on any atom is -0.507 e. The summed E-state index contributed by atoms with van der Waals surface area (Å²) in [6.45, 7) is 0.182. The molecule has 1 aliphatic heterocycles. The molecule has 1 aliphatic rings. The number of aliphatic hydroxyl groups is 2. The lowest BCUT2D eigenvalue weighted by atomic mass is 9.95. The predicted molar refractivity (Wildman–Crippen MR) is 121 cm³/mol. The molecule has 0 bridgehead atoms. The number of rotatable bonds is 9. The first-order valence-corrected chi connectivity index (χ1v) is 10.7. The van der Waals surface area contributed by atoms with E-state index >= 15 is 0 Å². The zero-order valence-electron chi connectivity index (χ0n) is 17.7. The first-order valence-electron chi connectivity index (χ1n) is 9.87. The molecule has 0 spiro atoms. The Hall–Kier alpha value is -2.88. The van der Waals surface area contributed by atoms with E-state index in [1.54, 1.807) is 42.5 Å². The lowest BCUT2D eigenvalue weighted by Crippen LogP contribution is -2.33. The van der Waals surface area contributed by atoms with Gasteiger partial charge in [0.05, 0.1) is 45.7 Å². The SMILES string of the molecule is COc1ccc(C2/C(=C(\O)c3ccc(Br)cc3)C(=O)C(=O)N2CCOCCO)cc1OC. The van der Waals surface area contributed by atoms with Crippen LogP contribution in [0.4, 0.5) is 0 Å². The van der Waals surface area contributed by atoms with Crippen LogP contribution in [0.5, 0.6) is 11.5 Å². The summed E-state index contributed by atoms with van der Waals surface area (Å²) in [5.74, 6) is -0.874. The van der Waals surface area contributed by atoms with Gasteiger partial charge in [0.2, 0.25) is 0 Å². The Bertz CT molecular complexity index is 1020. The summed E-state index contributed by atoms with van der Waals surface area (Å²) in [7, 11) is 3.00. The van der Waals surface area contributed by atoms with Crippen molar-refractivity contribution in [3.63, 3.8) is 0 Å². The van der Waals surface area contributed by atoms with Crippen LogP contribution >= 0.6 is 15.9 Å². The molecule has 1 heterocycles. The third kappa shape index (κ3) is 4.79. The monoisotopic (exact) mass is 505 g/mol. The summed E-state index contributed by atoms with van der Waals surface area (Å²) in [6.07, 6.45) is 0. The molecule has 3 rings (SSSR count). The molecule has 0 radical (unpaired) electrons. The Morgan fingerprint density at radius 3 is 2.34 bits per heavy atom. The third-order valence-electron chi connectivity index (χ3n) is 5.09. The van der Waals surface area contributed by atoms with Gasteiger partial charge in [-0.2, -0.15) is 0 Å². The molecule has 1 amide bonds. The van der Waals surface area contributed by atoms with Crippen LogP contribution in [0, 0.1) is 0 Å². The number of likely N-dealkylation sites (tertiary alicyclic amines) is 1. The zero-order valence-corrected chi connectivity index (χ0v) is 19.3. The molecule has 2 N–H and O–H groups in total. The standard InChI is InChI=1S/C23H24BrNO7/c1-30-17-8-5-15(13-18(17)31-2)20-19(21(27)14-3-6-16(24)7-4-14)22(28)23(29)25(20)9-11-32-12-10-26/h3-8,13,20,26-27H,9-12H2,1-2H3/b21-19+. The van der Waals surface area contributed by atoms with Crippen molar-refractivity contribution in [3.05, 3.63) is 63.6 Å². The van der Waals surface area contributed by atoms with Crippen LogP contribution in [-0.2, 0) is 14.3 Å². The molecule has 170 valence electrons. The van der Waals surface area contributed by atoms with Gasteiger partial charge in [-0.15, -0.1) is 0 Å². The fourth-order valence-electron chi connectivity index (χ4n) is 3.57. The molecular weight excluding hydrogens is 482 g/mol. The van der Waals surface area contributed by atoms with Gasteiger partial charge in [-0.3, -0.25) is 9.59 Å². The van der Waals surface area contributed by atoms with E-state index in [4.69, 9.17) is 19.3 Å². The summed E-state index contributed by atoms with van der Waals surface area (Å²) in [4.78, 5) is 27.2. The van der Waals surface area contributed by atoms with E-state index in [1.165, 1.54) is 19.1 Å². The van der Waals surface area contributed by atoms with E-state index in [9.17, 15) is 14.7 Å². The quantitative estimate of drug-likeness (QED) is 0.233. The van der Waals surface area contributed by atoms with Crippen molar-refractivity contribution in [2.24, 2.45) is 0 Å². The van der Waals surface area contributed by atoms with Gasteiger partial charge in [0.1, 0.15) is 5.76 Å². The average molecular weight is 506 g/mol. The van der Waals surface area contributed by atoms with Crippen LogP contribution in [0.1, 0.15) is 17.2 Å². The van der Waals surface area contributed by atoms with Gasteiger partial charge >= 0.3 is 0 Å². The van der Waals surface area contributed by atoms with Gasteiger partial charge in [0.25, 0.3) is 11.7 Å². The lowest BCUT2D eigenvalue weighted by molar-refractivity contribution is -0.140. The van der Waals surface area contributed by atoms with Gasteiger partial charge in [-0.05, 0) is 29.8 Å². The van der Waals surface area contributed by atoms with Crippen LogP contribution in [0.25, 0.3) is 5.76 Å². The molecule has 2 aromatic rings. The molecule has 2 aromatic carbocycles. The number of nitrogens with zero attached hydrogens (tertiary/aromatic N) is 1. The molecule has 1 atom stereocenters. The number of carbonyl (C=O) groups is 2. The Balaban J connectivity index is 2.11. The fraction of sp³-hybridized carbons (Fsp3) is 0.304. The maximum absolute atomic E-state index is 13.0. The predicted octanol–water partition coefficient (Wildman–Crippen LogP) is 2.90. The van der Waals surface area contributed by atoms with Gasteiger partial charge in [-0.1, -0.05) is 34.1 Å². The Morgan fingerprint density at radius 2 is 1.72 bits per heavy atom. The van der Waals surface area contributed by atoms with Crippen LogP contribution in [0.15, 0.2) is 52.5 Å². The van der Waals surface area contributed by atoms with Gasteiger partial charge < -0.3 is 29.3 Å². The second-order valence-electron chi connectivity index (χ2n) is 6.95. The van der Waals surface area contributed by atoms with Crippen molar-refractivity contribution in [2.45, 2.75) is 6.04 Å². The summed E-state index contributed by atoms with van der Waals surface area (Å²) < 4.78 is 16.8. The van der Waals surface area contributed by atoms with Crippen molar-refractivity contribution >= 4 is 33.4 Å². The van der Waals surface area contributed by atoms with E-state index in [0.717, 1.165) is 4.47 Å². The second kappa shape index (κ2) is 10.6. The fourth-order valence-corrected chi connectivity index (χ4v) is 3.84. The number of amides is 1. The average Bonchev–Trinajstić information content (AvgIpc) is 3.06. The van der Waals surface area contributed by atoms with Crippen LogP contribution in [0.3, 0.4) is 0 Å². The summed E-state index contributed by atoms with van der Waals surface area (Å²) >= 11 is 3.34. The molecule has 8 nitrogen and oxygen atoms in total. The first-order chi connectivity index (χ1) is 15.4. The second-order valence-corrected chi connectivity index (χ2v) is 7.87. The number of aliphatic hydroxyl groups excluding tert-OH is 2. The Labute approximate surface area is 194 Å². The number of ether oxygens (including phenoxy) is 3. The van der Waals surface area contributed by atoms with E-state index in [2.05, 4.69) is 15.9 Å².